The fourth-order valence-electron chi connectivity index (χ4n) is 2.90. The number of carbonyl (C=O) groups is 1. The summed E-state index contributed by atoms with van der Waals surface area (Å²) in [6.07, 6.45) is 3.21. The van der Waals surface area contributed by atoms with Gasteiger partial charge < -0.3 is 20.5 Å². The normalized spacial score (nSPS) is 10.9. The van der Waals surface area contributed by atoms with Gasteiger partial charge in [-0.3, -0.25) is 4.79 Å². The van der Waals surface area contributed by atoms with Crippen LogP contribution in [0.4, 0.5) is 5.69 Å². The highest BCUT2D eigenvalue weighted by Gasteiger charge is 2.18. The molecular weight excluding hydrogens is 382 g/mol. The van der Waals surface area contributed by atoms with E-state index in [1.54, 1.807) is 24.1 Å². The molecule has 148 valence electrons. The van der Waals surface area contributed by atoms with E-state index in [2.05, 4.69) is 20.7 Å². The topological polar surface area (TPSA) is 101 Å². The number of fused-ring (bicyclic) bond motifs is 1. The van der Waals surface area contributed by atoms with Crippen LogP contribution >= 0.6 is 11.6 Å². The molecule has 0 aliphatic rings. The Bertz CT molecular complexity index is 989. The minimum Gasteiger partial charge on any atom is -0.495 e. The maximum atomic E-state index is 12.5. The summed E-state index contributed by atoms with van der Waals surface area (Å²) in [5.74, 6) is 0.285. The largest absolute Gasteiger partial charge is 0.495 e. The number of rotatable bonds is 8. The van der Waals surface area contributed by atoms with Crippen molar-refractivity contribution in [3.05, 3.63) is 46.7 Å². The SMILES string of the molecule is CCn1ncc2c(NCc3ccc(OC)c(Cl)c3)c(C(=O)NCCO)cnc21. The van der Waals surface area contributed by atoms with Gasteiger partial charge in [-0.15, -0.1) is 0 Å². The summed E-state index contributed by atoms with van der Waals surface area (Å²) in [6.45, 7) is 3.11. The van der Waals surface area contributed by atoms with Crippen molar-refractivity contribution in [1.82, 2.24) is 20.1 Å². The molecule has 1 aromatic carbocycles. The third-order valence-corrected chi connectivity index (χ3v) is 4.59. The third-order valence-electron chi connectivity index (χ3n) is 4.29. The Balaban J connectivity index is 1.95. The monoisotopic (exact) mass is 403 g/mol. The van der Waals surface area contributed by atoms with Crippen LogP contribution in [0.2, 0.25) is 5.02 Å². The van der Waals surface area contributed by atoms with Gasteiger partial charge >= 0.3 is 0 Å². The first kappa shape index (κ1) is 19.9. The molecule has 0 spiro atoms. The van der Waals surface area contributed by atoms with Crippen molar-refractivity contribution in [3.63, 3.8) is 0 Å². The fraction of sp³-hybridized carbons (Fsp3) is 0.316. The highest BCUT2D eigenvalue weighted by atomic mass is 35.5. The Labute approximate surface area is 167 Å². The molecule has 0 saturated heterocycles. The number of ether oxygens (including phenoxy) is 1. The van der Waals surface area contributed by atoms with Crippen LogP contribution in [-0.4, -0.2) is 46.0 Å². The predicted molar refractivity (Wildman–Crippen MR) is 108 cm³/mol. The minimum absolute atomic E-state index is 0.137. The maximum Gasteiger partial charge on any atom is 0.255 e. The van der Waals surface area contributed by atoms with Crippen LogP contribution in [0.25, 0.3) is 11.0 Å². The van der Waals surface area contributed by atoms with Crippen molar-refractivity contribution in [3.8, 4) is 5.75 Å². The minimum atomic E-state index is -0.317. The molecule has 0 atom stereocenters. The summed E-state index contributed by atoms with van der Waals surface area (Å²) in [5, 5.41) is 20.6. The number of amides is 1. The van der Waals surface area contributed by atoms with E-state index in [4.69, 9.17) is 21.4 Å². The molecule has 1 amide bonds. The van der Waals surface area contributed by atoms with Crippen LogP contribution < -0.4 is 15.4 Å². The average Bonchev–Trinajstić information content (AvgIpc) is 3.13. The van der Waals surface area contributed by atoms with Crippen molar-refractivity contribution in [2.24, 2.45) is 0 Å². The van der Waals surface area contributed by atoms with Crippen LogP contribution in [0.5, 0.6) is 5.75 Å². The summed E-state index contributed by atoms with van der Waals surface area (Å²) < 4.78 is 6.94. The number of benzene rings is 1. The Morgan fingerprint density at radius 3 is 2.86 bits per heavy atom. The van der Waals surface area contributed by atoms with E-state index >= 15 is 0 Å². The molecule has 0 radical (unpaired) electrons. The summed E-state index contributed by atoms with van der Waals surface area (Å²) in [7, 11) is 1.56. The zero-order valence-electron chi connectivity index (χ0n) is 15.7. The molecule has 0 saturated carbocycles. The standard InChI is InChI=1S/C19H22ClN5O3/c1-3-25-18-13(11-24-25)17(14(10-23-18)19(27)21-6-7-26)22-9-12-4-5-16(28-2)15(20)8-12/h4-5,8,10-11,26H,3,6-7,9H2,1-2H3,(H,21,27)(H,22,23). The first-order chi connectivity index (χ1) is 13.6. The number of hydrogen-bond donors (Lipinski definition) is 3. The number of nitrogens with zero attached hydrogens (tertiary/aromatic N) is 3. The lowest BCUT2D eigenvalue weighted by atomic mass is 10.1. The number of anilines is 1. The molecule has 3 aromatic rings. The Morgan fingerprint density at radius 1 is 1.36 bits per heavy atom. The highest BCUT2D eigenvalue weighted by Crippen LogP contribution is 2.28. The van der Waals surface area contributed by atoms with Gasteiger partial charge in [0, 0.05) is 25.8 Å². The average molecular weight is 404 g/mol. The lowest BCUT2D eigenvalue weighted by molar-refractivity contribution is 0.0945. The van der Waals surface area contributed by atoms with Gasteiger partial charge in [-0.05, 0) is 24.6 Å². The van der Waals surface area contributed by atoms with Crippen molar-refractivity contribution < 1.29 is 14.6 Å². The molecule has 0 fully saturated rings. The van der Waals surface area contributed by atoms with Crippen LogP contribution in [0.15, 0.2) is 30.6 Å². The molecule has 0 unspecified atom stereocenters. The summed E-state index contributed by atoms with van der Waals surface area (Å²) >= 11 is 6.20. The second-order valence-electron chi connectivity index (χ2n) is 6.05. The quantitative estimate of drug-likeness (QED) is 0.534. The van der Waals surface area contributed by atoms with E-state index < -0.39 is 0 Å². The molecule has 0 aliphatic heterocycles. The van der Waals surface area contributed by atoms with Crippen molar-refractivity contribution >= 4 is 34.2 Å². The maximum absolute atomic E-state index is 12.5. The molecule has 3 rings (SSSR count). The fourth-order valence-corrected chi connectivity index (χ4v) is 3.18. The molecule has 8 nitrogen and oxygen atoms in total. The van der Waals surface area contributed by atoms with Crippen LogP contribution in [0, 0.1) is 0 Å². The van der Waals surface area contributed by atoms with Gasteiger partial charge in [-0.25, -0.2) is 9.67 Å². The second kappa shape index (κ2) is 8.90. The van der Waals surface area contributed by atoms with E-state index in [0.29, 0.717) is 40.8 Å². The number of carbonyl (C=O) groups excluding carboxylic acids is 1. The van der Waals surface area contributed by atoms with Crippen molar-refractivity contribution in [2.45, 2.75) is 20.0 Å². The van der Waals surface area contributed by atoms with Crippen LogP contribution in [0.3, 0.4) is 0 Å². The smallest absolute Gasteiger partial charge is 0.255 e. The van der Waals surface area contributed by atoms with Gasteiger partial charge in [-0.2, -0.15) is 5.10 Å². The van der Waals surface area contributed by atoms with Gasteiger partial charge in [-0.1, -0.05) is 17.7 Å². The Hall–Kier alpha value is -2.84. The van der Waals surface area contributed by atoms with Gasteiger partial charge in [0.1, 0.15) is 5.75 Å². The molecular formula is C19H22ClN5O3. The van der Waals surface area contributed by atoms with E-state index in [1.165, 1.54) is 6.20 Å². The van der Waals surface area contributed by atoms with Gasteiger partial charge in [0.2, 0.25) is 0 Å². The number of methoxy groups -OCH3 is 1. The van der Waals surface area contributed by atoms with E-state index in [-0.39, 0.29) is 19.1 Å². The first-order valence-corrected chi connectivity index (χ1v) is 9.26. The van der Waals surface area contributed by atoms with Crippen molar-refractivity contribution in [1.29, 1.82) is 0 Å². The van der Waals surface area contributed by atoms with Gasteiger partial charge in [0.05, 0.1) is 41.6 Å². The first-order valence-electron chi connectivity index (χ1n) is 8.88. The van der Waals surface area contributed by atoms with E-state index in [1.807, 2.05) is 19.1 Å². The van der Waals surface area contributed by atoms with E-state index in [9.17, 15) is 4.79 Å². The number of aliphatic hydroxyl groups is 1. The predicted octanol–water partition coefficient (Wildman–Crippen LogP) is 2.45. The lowest BCUT2D eigenvalue weighted by Crippen LogP contribution is -2.27. The zero-order chi connectivity index (χ0) is 20.1. The van der Waals surface area contributed by atoms with Gasteiger partial charge in [0.25, 0.3) is 5.91 Å². The van der Waals surface area contributed by atoms with E-state index in [0.717, 1.165) is 10.9 Å². The summed E-state index contributed by atoms with van der Waals surface area (Å²) in [6, 6.07) is 5.51. The number of pyridine rings is 1. The molecule has 28 heavy (non-hydrogen) atoms. The van der Waals surface area contributed by atoms with Crippen LogP contribution in [0.1, 0.15) is 22.8 Å². The Morgan fingerprint density at radius 2 is 2.18 bits per heavy atom. The second-order valence-corrected chi connectivity index (χ2v) is 6.45. The number of aliphatic hydroxyl groups excluding tert-OH is 1. The summed E-state index contributed by atoms with van der Waals surface area (Å²) in [5.41, 5.74) is 2.64. The molecule has 0 aliphatic carbocycles. The number of nitrogens with one attached hydrogen (secondary N) is 2. The number of halogens is 1. The zero-order valence-corrected chi connectivity index (χ0v) is 16.5. The van der Waals surface area contributed by atoms with Crippen LogP contribution in [-0.2, 0) is 13.1 Å². The molecule has 2 aromatic heterocycles. The van der Waals surface area contributed by atoms with Gasteiger partial charge in [0.15, 0.2) is 5.65 Å². The highest BCUT2D eigenvalue weighted by molar-refractivity contribution is 6.32. The Kier molecular flexibility index (Phi) is 6.33. The molecule has 0 bridgehead atoms. The van der Waals surface area contributed by atoms with Crippen molar-refractivity contribution in [2.75, 3.05) is 25.6 Å². The number of aryl methyl sites for hydroxylation is 1. The third kappa shape index (κ3) is 4.02. The molecule has 3 N–H and O–H groups in total. The lowest BCUT2D eigenvalue weighted by Gasteiger charge is -2.14. The molecule has 2 heterocycles. The number of hydrogen-bond acceptors (Lipinski definition) is 6. The summed E-state index contributed by atoms with van der Waals surface area (Å²) in [4.78, 5) is 16.9. The molecule has 9 heteroatoms. The number of aromatic nitrogens is 3.